The van der Waals surface area contributed by atoms with Crippen LogP contribution in [0.15, 0.2) is 29.2 Å². The van der Waals surface area contributed by atoms with Gasteiger partial charge in [-0.25, -0.2) is 4.79 Å². The maximum atomic E-state index is 12.5. The number of pyridine rings is 1. The molecule has 1 aromatic heterocycles. The highest BCUT2D eigenvalue weighted by Crippen LogP contribution is 2.37. The van der Waals surface area contributed by atoms with E-state index in [0.717, 1.165) is 56.8 Å². The fourth-order valence-corrected chi connectivity index (χ4v) is 3.66. The molecule has 2 fully saturated rings. The van der Waals surface area contributed by atoms with E-state index in [0.29, 0.717) is 11.4 Å². The molecule has 1 N–H and O–H groups in total. The molecule has 1 saturated heterocycles. The predicted octanol–water partition coefficient (Wildman–Crippen LogP) is 2.60. The Bertz CT molecular complexity index is 883. The summed E-state index contributed by atoms with van der Waals surface area (Å²) in [4.78, 5) is 28.7. The van der Waals surface area contributed by atoms with Crippen molar-refractivity contribution in [1.82, 2.24) is 9.47 Å². The number of carboxylic acid groups (broad SMARTS) is 1. The second-order valence-electron chi connectivity index (χ2n) is 6.94. The topological polar surface area (TPSA) is 65.8 Å². The van der Waals surface area contributed by atoms with Crippen LogP contribution in [0.2, 0.25) is 0 Å². The first-order valence-electron chi connectivity index (χ1n) is 8.98. The molecular weight excluding hydrogens is 354 g/mol. The van der Waals surface area contributed by atoms with Crippen LogP contribution in [0.25, 0.3) is 10.9 Å². The number of hydrogen-bond acceptors (Lipinski definition) is 4. The number of benzene rings is 1. The summed E-state index contributed by atoms with van der Waals surface area (Å²) in [5.74, 6) is -1.15. The SMILES string of the molecule is CCN1CCN(c2ccc3c(=O)c(C(=O)O)cn(C4CC4)c3c2)CC1.Cl. The van der Waals surface area contributed by atoms with Gasteiger partial charge < -0.3 is 19.5 Å². The van der Waals surface area contributed by atoms with Gasteiger partial charge in [-0.3, -0.25) is 4.79 Å². The van der Waals surface area contributed by atoms with E-state index in [4.69, 9.17) is 0 Å². The van der Waals surface area contributed by atoms with Gasteiger partial charge in [0, 0.05) is 49.5 Å². The number of aromatic nitrogens is 1. The van der Waals surface area contributed by atoms with Gasteiger partial charge in [0.05, 0.1) is 5.52 Å². The number of hydrogen-bond donors (Lipinski definition) is 1. The lowest BCUT2D eigenvalue weighted by molar-refractivity contribution is 0.0695. The normalized spacial score (nSPS) is 18.0. The van der Waals surface area contributed by atoms with E-state index in [9.17, 15) is 14.7 Å². The average molecular weight is 378 g/mol. The number of rotatable bonds is 4. The number of carboxylic acids is 1. The number of likely N-dealkylation sites (N-methyl/N-ethyl adjacent to an activating group) is 1. The van der Waals surface area contributed by atoms with Crippen LogP contribution >= 0.6 is 12.4 Å². The third kappa shape index (κ3) is 3.31. The molecule has 6 nitrogen and oxygen atoms in total. The van der Waals surface area contributed by atoms with Crippen molar-refractivity contribution in [2.45, 2.75) is 25.8 Å². The second kappa shape index (κ2) is 7.29. The molecule has 1 aliphatic heterocycles. The van der Waals surface area contributed by atoms with Gasteiger partial charge in [-0.2, -0.15) is 0 Å². The third-order valence-electron chi connectivity index (χ3n) is 5.37. The van der Waals surface area contributed by atoms with Gasteiger partial charge in [-0.1, -0.05) is 6.92 Å². The quantitative estimate of drug-likeness (QED) is 0.887. The molecule has 0 atom stereocenters. The fraction of sp³-hybridized carbons (Fsp3) is 0.474. The summed E-state index contributed by atoms with van der Waals surface area (Å²) in [5, 5.41) is 9.83. The summed E-state index contributed by atoms with van der Waals surface area (Å²) in [7, 11) is 0. The molecule has 0 unspecified atom stereocenters. The molecule has 26 heavy (non-hydrogen) atoms. The standard InChI is InChI=1S/C19H23N3O3.ClH/c1-2-20-7-9-21(10-8-20)14-5-6-15-17(11-14)22(13-3-4-13)12-16(18(15)23)19(24)25;/h5-6,11-13H,2-4,7-10H2,1H3,(H,24,25);1H. The Hall–Kier alpha value is -2.05. The molecule has 4 rings (SSSR count). The number of halogens is 1. The minimum absolute atomic E-state index is 0. The molecule has 1 aliphatic carbocycles. The lowest BCUT2D eigenvalue weighted by Crippen LogP contribution is -2.46. The van der Waals surface area contributed by atoms with Crippen molar-refractivity contribution in [2.75, 3.05) is 37.6 Å². The maximum Gasteiger partial charge on any atom is 0.341 e. The molecule has 2 aliphatic rings. The van der Waals surface area contributed by atoms with Crippen LogP contribution in [-0.4, -0.2) is 53.3 Å². The van der Waals surface area contributed by atoms with E-state index >= 15 is 0 Å². The van der Waals surface area contributed by atoms with Crippen LogP contribution in [0.1, 0.15) is 36.2 Å². The summed E-state index contributed by atoms with van der Waals surface area (Å²) >= 11 is 0. The zero-order valence-electron chi connectivity index (χ0n) is 14.9. The van der Waals surface area contributed by atoms with E-state index < -0.39 is 5.97 Å². The lowest BCUT2D eigenvalue weighted by Gasteiger charge is -2.35. The first-order valence-corrected chi connectivity index (χ1v) is 8.98. The Balaban J connectivity index is 0.00000196. The largest absolute Gasteiger partial charge is 0.477 e. The molecule has 7 heteroatoms. The molecule has 0 spiro atoms. The molecule has 0 bridgehead atoms. The highest BCUT2D eigenvalue weighted by atomic mass is 35.5. The molecule has 2 aromatic rings. The number of anilines is 1. The second-order valence-corrected chi connectivity index (χ2v) is 6.94. The number of carbonyl (C=O) groups is 1. The summed E-state index contributed by atoms with van der Waals surface area (Å²) < 4.78 is 1.99. The monoisotopic (exact) mass is 377 g/mol. The van der Waals surface area contributed by atoms with Crippen LogP contribution in [0.5, 0.6) is 0 Å². The van der Waals surface area contributed by atoms with E-state index in [2.05, 4.69) is 22.8 Å². The number of piperazine rings is 1. The van der Waals surface area contributed by atoms with E-state index in [-0.39, 0.29) is 23.4 Å². The molecule has 1 aromatic carbocycles. The average Bonchev–Trinajstić information content (AvgIpc) is 3.46. The van der Waals surface area contributed by atoms with Gasteiger partial charge in [0.2, 0.25) is 5.43 Å². The molecule has 140 valence electrons. The van der Waals surface area contributed by atoms with Gasteiger partial charge >= 0.3 is 5.97 Å². The molecule has 2 heterocycles. The number of fused-ring (bicyclic) bond motifs is 1. The van der Waals surface area contributed by atoms with E-state index in [1.54, 1.807) is 6.07 Å². The van der Waals surface area contributed by atoms with Gasteiger partial charge in [-0.05, 0) is 37.6 Å². The Labute approximate surface area is 158 Å². The zero-order chi connectivity index (χ0) is 17.6. The van der Waals surface area contributed by atoms with Gasteiger partial charge in [-0.15, -0.1) is 12.4 Å². The fourth-order valence-electron chi connectivity index (χ4n) is 3.66. The summed E-state index contributed by atoms with van der Waals surface area (Å²) in [5.41, 5.74) is 1.44. The van der Waals surface area contributed by atoms with Crippen molar-refractivity contribution in [3.05, 3.63) is 40.2 Å². The summed E-state index contributed by atoms with van der Waals surface area (Å²) in [6, 6.07) is 6.12. The predicted molar refractivity (Wildman–Crippen MR) is 105 cm³/mol. The number of nitrogens with zero attached hydrogens (tertiary/aromatic N) is 3. The summed E-state index contributed by atoms with van der Waals surface area (Å²) in [6.45, 7) is 7.29. The van der Waals surface area contributed by atoms with Crippen LogP contribution in [0, 0.1) is 0 Å². The molecule has 0 amide bonds. The maximum absolute atomic E-state index is 12.5. The first kappa shape index (κ1) is 18.7. The first-order chi connectivity index (χ1) is 12.1. The molecule has 0 radical (unpaired) electrons. The van der Waals surface area contributed by atoms with Gasteiger partial charge in [0.1, 0.15) is 5.56 Å². The Morgan fingerprint density at radius 3 is 2.46 bits per heavy atom. The number of aromatic carboxylic acids is 1. The van der Waals surface area contributed by atoms with Crippen molar-refractivity contribution < 1.29 is 9.90 Å². The van der Waals surface area contributed by atoms with Crippen LogP contribution in [0.4, 0.5) is 5.69 Å². The van der Waals surface area contributed by atoms with Crippen LogP contribution in [0.3, 0.4) is 0 Å². The minimum atomic E-state index is -1.15. The Morgan fingerprint density at radius 2 is 1.88 bits per heavy atom. The van der Waals surface area contributed by atoms with Gasteiger partial charge in [0.15, 0.2) is 0 Å². The van der Waals surface area contributed by atoms with Crippen LogP contribution < -0.4 is 10.3 Å². The van der Waals surface area contributed by atoms with E-state index in [1.807, 2.05) is 10.6 Å². The van der Waals surface area contributed by atoms with Crippen molar-refractivity contribution in [3.8, 4) is 0 Å². The highest BCUT2D eigenvalue weighted by molar-refractivity contribution is 5.93. The smallest absolute Gasteiger partial charge is 0.341 e. The van der Waals surface area contributed by atoms with Crippen LogP contribution in [-0.2, 0) is 0 Å². The lowest BCUT2D eigenvalue weighted by atomic mass is 10.1. The zero-order valence-corrected chi connectivity index (χ0v) is 15.7. The third-order valence-corrected chi connectivity index (χ3v) is 5.37. The highest BCUT2D eigenvalue weighted by Gasteiger charge is 2.27. The van der Waals surface area contributed by atoms with Crippen molar-refractivity contribution >= 4 is 35.0 Å². The Morgan fingerprint density at radius 1 is 1.19 bits per heavy atom. The molecule has 1 saturated carbocycles. The Kier molecular flexibility index (Phi) is 5.25. The minimum Gasteiger partial charge on any atom is -0.477 e. The van der Waals surface area contributed by atoms with Crippen molar-refractivity contribution in [1.29, 1.82) is 0 Å². The van der Waals surface area contributed by atoms with E-state index in [1.165, 1.54) is 6.20 Å². The summed E-state index contributed by atoms with van der Waals surface area (Å²) in [6.07, 6.45) is 3.61. The van der Waals surface area contributed by atoms with Gasteiger partial charge in [0.25, 0.3) is 0 Å². The van der Waals surface area contributed by atoms with Crippen molar-refractivity contribution in [2.24, 2.45) is 0 Å². The van der Waals surface area contributed by atoms with Crippen molar-refractivity contribution in [3.63, 3.8) is 0 Å². The molecular formula is C19H24ClN3O3.